The van der Waals surface area contributed by atoms with Crippen LogP contribution < -0.4 is 0 Å². The molecule has 1 aromatic heterocycles. The molecule has 0 atom stereocenters. The lowest BCUT2D eigenvalue weighted by Crippen LogP contribution is -2.36. The number of ether oxygens (including phenoxy) is 1. The number of aromatic nitrogens is 1. The van der Waals surface area contributed by atoms with Gasteiger partial charge in [0.1, 0.15) is 10.8 Å². The second-order valence-corrected chi connectivity index (χ2v) is 6.33. The Bertz CT molecular complexity index is 569. The molecule has 0 fully saturated rings. The molecule has 1 aromatic rings. The van der Waals surface area contributed by atoms with Crippen molar-refractivity contribution >= 4 is 39.5 Å². The van der Waals surface area contributed by atoms with Gasteiger partial charge >= 0.3 is 6.09 Å². The van der Waals surface area contributed by atoms with Crippen molar-refractivity contribution in [3.05, 3.63) is 26.9 Å². The van der Waals surface area contributed by atoms with Gasteiger partial charge in [0, 0.05) is 16.2 Å². The highest BCUT2D eigenvalue weighted by Crippen LogP contribution is 2.33. The summed E-state index contributed by atoms with van der Waals surface area (Å²) in [6.07, 6.45) is 0.823. The van der Waals surface area contributed by atoms with Gasteiger partial charge in [-0.2, -0.15) is 0 Å². The number of amides is 2. The van der Waals surface area contributed by atoms with E-state index in [1.807, 2.05) is 0 Å². The lowest BCUT2D eigenvalue weighted by molar-refractivity contribution is 0.0248. The van der Waals surface area contributed by atoms with Gasteiger partial charge in [-0.3, -0.25) is 4.79 Å². The lowest BCUT2D eigenvalue weighted by Gasteiger charge is -2.23. The summed E-state index contributed by atoms with van der Waals surface area (Å²) >= 11 is 9.20. The molecule has 0 saturated heterocycles. The van der Waals surface area contributed by atoms with Crippen LogP contribution in [0.2, 0.25) is 5.15 Å². The fourth-order valence-corrected chi connectivity index (χ4v) is 2.37. The summed E-state index contributed by atoms with van der Waals surface area (Å²) < 4.78 is 5.84. The number of hydrogen-bond acceptors (Lipinski definition) is 4. The van der Waals surface area contributed by atoms with Crippen LogP contribution in [0.5, 0.6) is 0 Å². The van der Waals surface area contributed by atoms with Crippen LogP contribution in [0.25, 0.3) is 0 Å². The van der Waals surface area contributed by atoms with E-state index in [9.17, 15) is 9.59 Å². The molecule has 0 spiro atoms. The molecular formula is C12H12BrClN2O3. The molecule has 7 heteroatoms. The molecule has 0 unspecified atom stereocenters. The zero-order chi connectivity index (χ0) is 14.4. The molecule has 2 heterocycles. The minimum Gasteiger partial charge on any atom is -0.443 e. The number of imide groups is 1. The smallest absolute Gasteiger partial charge is 0.417 e. The maximum absolute atomic E-state index is 12.2. The van der Waals surface area contributed by atoms with Crippen molar-refractivity contribution in [1.29, 1.82) is 0 Å². The molecule has 0 saturated carbocycles. The molecule has 2 rings (SSSR count). The van der Waals surface area contributed by atoms with E-state index >= 15 is 0 Å². The molecule has 102 valence electrons. The molecule has 2 amide bonds. The van der Waals surface area contributed by atoms with Crippen molar-refractivity contribution in [2.24, 2.45) is 0 Å². The predicted octanol–water partition coefficient (Wildman–Crippen LogP) is 3.39. The maximum Gasteiger partial charge on any atom is 0.417 e. The molecule has 0 bridgehead atoms. The van der Waals surface area contributed by atoms with Crippen molar-refractivity contribution in [2.45, 2.75) is 32.9 Å². The fourth-order valence-electron chi connectivity index (χ4n) is 1.70. The number of halogens is 2. The van der Waals surface area contributed by atoms with E-state index < -0.39 is 17.6 Å². The molecule has 0 aliphatic carbocycles. The topological polar surface area (TPSA) is 59.5 Å². The standard InChI is InChI=1S/C12H12BrClN2O3/c1-12(2,3)19-11(18)16-5-6-7(13)4-15-9(14)8(6)10(16)17/h4H,5H2,1-3H3. The van der Waals surface area contributed by atoms with Crippen LogP contribution in [-0.4, -0.2) is 27.5 Å². The third-order valence-corrected chi connectivity index (χ3v) is 3.45. The van der Waals surface area contributed by atoms with Gasteiger partial charge in [0.25, 0.3) is 5.91 Å². The Labute approximate surface area is 124 Å². The van der Waals surface area contributed by atoms with E-state index in [0.29, 0.717) is 10.0 Å². The summed E-state index contributed by atoms with van der Waals surface area (Å²) in [4.78, 5) is 29.1. The van der Waals surface area contributed by atoms with E-state index in [1.165, 1.54) is 6.20 Å². The maximum atomic E-state index is 12.2. The van der Waals surface area contributed by atoms with Crippen molar-refractivity contribution < 1.29 is 14.3 Å². The third kappa shape index (κ3) is 2.74. The van der Waals surface area contributed by atoms with Crippen LogP contribution >= 0.6 is 27.5 Å². The molecular weight excluding hydrogens is 336 g/mol. The van der Waals surface area contributed by atoms with Crippen LogP contribution in [0.4, 0.5) is 4.79 Å². The van der Waals surface area contributed by atoms with Crippen molar-refractivity contribution in [3.63, 3.8) is 0 Å². The van der Waals surface area contributed by atoms with Gasteiger partial charge in [0.05, 0.1) is 12.1 Å². The number of hydrogen-bond donors (Lipinski definition) is 0. The Hall–Kier alpha value is -1.14. The molecule has 5 nitrogen and oxygen atoms in total. The Morgan fingerprint density at radius 2 is 2.16 bits per heavy atom. The van der Waals surface area contributed by atoms with E-state index in [2.05, 4.69) is 20.9 Å². The normalized spacial score (nSPS) is 14.6. The zero-order valence-electron chi connectivity index (χ0n) is 10.7. The fraction of sp³-hybridized carbons (Fsp3) is 0.417. The SMILES string of the molecule is CC(C)(C)OC(=O)N1Cc2c(Br)cnc(Cl)c2C1=O. The molecule has 0 N–H and O–H groups in total. The van der Waals surface area contributed by atoms with Gasteiger partial charge in [0.2, 0.25) is 0 Å². The quantitative estimate of drug-likeness (QED) is 0.675. The highest BCUT2D eigenvalue weighted by atomic mass is 79.9. The van der Waals surface area contributed by atoms with Crippen LogP contribution in [0, 0.1) is 0 Å². The van der Waals surface area contributed by atoms with Gasteiger partial charge in [0.15, 0.2) is 0 Å². The van der Waals surface area contributed by atoms with Gasteiger partial charge in [-0.1, -0.05) is 11.6 Å². The predicted molar refractivity (Wildman–Crippen MR) is 73.1 cm³/mol. The molecule has 0 radical (unpaired) electrons. The number of nitrogens with zero attached hydrogens (tertiary/aromatic N) is 2. The first kappa shape index (κ1) is 14.3. The number of carbonyl (C=O) groups excluding carboxylic acids is 2. The van der Waals surface area contributed by atoms with Crippen molar-refractivity contribution in [3.8, 4) is 0 Å². The molecule has 19 heavy (non-hydrogen) atoms. The average Bonchev–Trinajstić information content (AvgIpc) is 2.61. The number of pyridine rings is 1. The van der Waals surface area contributed by atoms with Crippen molar-refractivity contribution in [2.75, 3.05) is 0 Å². The number of rotatable bonds is 0. The van der Waals surface area contributed by atoms with E-state index in [4.69, 9.17) is 16.3 Å². The first-order valence-corrected chi connectivity index (χ1v) is 6.75. The van der Waals surface area contributed by atoms with Gasteiger partial charge < -0.3 is 4.74 Å². The van der Waals surface area contributed by atoms with Gasteiger partial charge in [-0.05, 0) is 36.7 Å². The summed E-state index contributed by atoms with van der Waals surface area (Å²) in [5, 5.41) is 0.0919. The summed E-state index contributed by atoms with van der Waals surface area (Å²) in [5.74, 6) is -0.483. The van der Waals surface area contributed by atoms with Crippen LogP contribution in [-0.2, 0) is 11.3 Å². The highest BCUT2D eigenvalue weighted by Gasteiger charge is 2.38. The van der Waals surface area contributed by atoms with Crippen LogP contribution in [0.1, 0.15) is 36.7 Å². The summed E-state index contributed by atoms with van der Waals surface area (Å²) in [5.41, 5.74) is 0.239. The average molecular weight is 348 g/mol. The zero-order valence-corrected chi connectivity index (χ0v) is 13.0. The Balaban J connectivity index is 2.32. The summed E-state index contributed by atoms with van der Waals surface area (Å²) in [7, 11) is 0. The number of carbonyl (C=O) groups is 2. The second-order valence-electron chi connectivity index (χ2n) is 5.12. The summed E-state index contributed by atoms with van der Waals surface area (Å²) in [6, 6.07) is 0. The van der Waals surface area contributed by atoms with E-state index in [0.717, 1.165) is 4.90 Å². The van der Waals surface area contributed by atoms with Crippen molar-refractivity contribution in [1.82, 2.24) is 9.88 Å². The van der Waals surface area contributed by atoms with Gasteiger partial charge in [-0.15, -0.1) is 0 Å². The summed E-state index contributed by atoms with van der Waals surface area (Å²) in [6.45, 7) is 5.35. The Kier molecular flexibility index (Phi) is 3.57. The Morgan fingerprint density at radius 3 is 2.68 bits per heavy atom. The monoisotopic (exact) mass is 346 g/mol. The lowest BCUT2D eigenvalue weighted by atomic mass is 10.2. The third-order valence-electron chi connectivity index (χ3n) is 2.48. The first-order valence-electron chi connectivity index (χ1n) is 5.58. The van der Waals surface area contributed by atoms with Gasteiger partial charge in [-0.25, -0.2) is 14.7 Å². The van der Waals surface area contributed by atoms with Crippen LogP contribution in [0.3, 0.4) is 0 Å². The minimum absolute atomic E-state index is 0.0919. The van der Waals surface area contributed by atoms with Crippen LogP contribution in [0.15, 0.2) is 10.7 Å². The largest absolute Gasteiger partial charge is 0.443 e. The van der Waals surface area contributed by atoms with E-state index in [1.54, 1.807) is 20.8 Å². The Morgan fingerprint density at radius 1 is 1.53 bits per heavy atom. The molecule has 1 aliphatic heterocycles. The second kappa shape index (κ2) is 4.76. The number of fused-ring (bicyclic) bond motifs is 1. The minimum atomic E-state index is -0.684. The molecule has 0 aromatic carbocycles. The first-order chi connectivity index (χ1) is 8.70. The highest BCUT2D eigenvalue weighted by molar-refractivity contribution is 9.10. The van der Waals surface area contributed by atoms with E-state index in [-0.39, 0.29) is 17.3 Å². The molecule has 1 aliphatic rings.